The van der Waals surface area contributed by atoms with Gasteiger partial charge in [0, 0.05) is 17.1 Å². The van der Waals surface area contributed by atoms with E-state index in [4.69, 9.17) is 0 Å². The van der Waals surface area contributed by atoms with Crippen molar-refractivity contribution < 1.29 is 0 Å². The average molecular weight is 348 g/mol. The molecule has 3 aliphatic rings. The summed E-state index contributed by atoms with van der Waals surface area (Å²) in [5, 5.41) is 0. The van der Waals surface area contributed by atoms with E-state index in [2.05, 4.69) is 81.1 Å². The van der Waals surface area contributed by atoms with Crippen molar-refractivity contribution in [2.45, 2.75) is 119 Å². The lowest BCUT2D eigenvalue weighted by Crippen LogP contribution is -2.69. The highest BCUT2D eigenvalue weighted by atomic mass is 15.4. The third-order valence-corrected chi connectivity index (χ3v) is 8.19. The van der Waals surface area contributed by atoms with Gasteiger partial charge in [0.25, 0.3) is 0 Å². The minimum atomic E-state index is 0.318. The minimum absolute atomic E-state index is 0.318. The number of nitrogens with zero attached hydrogens (tertiary/aromatic N) is 1. The highest BCUT2D eigenvalue weighted by Gasteiger charge is 2.74. The number of hydrogen-bond donors (Lipinski definition) is 0. The molecule has 2 saturated heterocycles. The van der Waals surface area contributed by atoms with Gasteiger partial charge in [0.15, 0.2) is 0 Å². The SMILES string of the molecule is C[C@@H]1CC(C)(C)C(C(C)(C)CC(C)(C)C)CC(C)(C)N2C1C1CC12C. The molecule has 146 valence electrons. The molecule has 5 atom stereocenters. The standard InChI is InChI=1S/C24H45N/c1-16-12-21(5,6)18(22(7,8)15-20(2,3)4)14-23(9,10)25-19(16)17-13-24(17,25)11/h16-19H,12-15H2,1-11H3/t16-,17?,18?,19?,24?/m1/s1. The van der Waals surface area contributed by atoms with Crippen LogP contribution >= 0.6 is 0 Å². The second-order valence-electron chi connectivity index (χ2n) is 13.5. The Kier molecular flexibility index (Phi) is 4.16. The van der Waals surface area contributed by atoms with Crippen molar-refractivity contribution in [3.8, 4) is 0 Å². The van der Waals surface area contributed by atoms with Crippen molar-refractivity contribution in [1.29, 1.82) is 0 Å². The molecule has 1 aliphatic carbocycles. The molecular weight excluding hydrogens is 302 g/mol. The third-order valence-electron chi connectivity index (χ3n) is 8.19. The fraction of sp³-hybridized carbons (Fsp3) is 1.00. The van der Waals surface area contributed by atoms with Gasteiger partial charge >= 0.3 is 0 Å². The Labute approximate surface area is 158 Å². The minimum Gasteiger partial charge on any atom is -0.289 e. The van der Waals surface area contributed by atoms with Gasteiger partial charge in [-0.25, -0.2) is 0 Å². The van der Waals surface area contributed by atoms with Gasteiger partial charge in [0.2, 0.25) is 0 Å². The Morgan fingerprint density at radius 2 is 1.44 bits per heavy atom. The second-order valence-corrected chi connectivity index (χ2v) is 13.5. The van der Waals surface area contributed by atoms with Crippen LogP contribution in [0.15, 0.2) is 0 Å². The largest absolute Gasteiger partial charge is 0.289 e. The van der Waals surface area contributed by atoms with E-state index >= 15 is 0 Å². The first-order valence-corrected chi connectivity index (χ1v) is 10.8. The summed E-state index contributed by atoms with van der Waals surface area (Å²) in [5.74, 6) is 2.57. The van der Waals surface area contributed by atoms with Gasteiger partial charge < -0.3 is 0 Å². The summed E-state index contributed by atoms with van der Waals surface area (Å²) >= 11 is 0. The van der Waals surface area contributed by atoms with Crippen LogP contribution in [0.3, 0.4) is 0 Å². The van der Waals surface area contributed by atoms with E-state index in [9.17, 15) is 0 Å². The zero-order valence-corrected chi connectivity index (χ0v) is 19.1. The van der Waals surface area contributed by atoms with Crippen molar-refractivity contribution in [2.75, 3.05) is 0 Å². The predicted octanol–water partition coefficient (Wildman–Crippen LogP) is 6.76. The molecule has 0 N–H and O–H groups in total. The van der Waals surface area contributed by atoms with Crippen LogP contribution in [-0.2, 0) is 0 Å². The molecule has 2 aliphatic heterocycles. The van der Waals surface area contributed by atoms with Crippen LogP contribution in [0.5, 0.6) is 0 Å². The molecule has 0 aromatic rings. The molecule has 0 bridgehead atoms. The molecule has 2 heterocycles. The van der Waals surface area contributed by atoms with E-state index in [1.807, 2.05) is 0 Å². The smallest absolute Gasteiger partial charge is 0.0237 e. The summed E-state index contributed by atoms with van der Waals surface area (Å²) in [5.41, 5.74) is 2.03. The van der Waals surface area contributed by atoms with Crippen LogP contribution in [0.4, 0.5) is 0 Å². The van der Waals surface area contributed by atoms with Crippen LogP contribution in [-0.4, -0.2) is 22.0 Å². The molecule has 0 spiro atoms. The van der Waals surface area contributed by atoms with Gasteiger partial charge in [-0.15, -0.1) is 0 Å². The fourth-order valence-electron chi connectivity index (χ4n) is 8.13. The van der Waals surface area contributed by atoms with Gasteiger partial charge in [-0.3, -0.25) is 4.90 Å². The highest BCUT2D eigenvalue weighted by Crippen LogP contribution is 2.69. The molecule has 0 radical (unpaired) electrons. The van der Waals surface area contributed by atoms with E-state index < -0.39 is 0 Å². The van der Waals surface area contributed by atoms with Crippen molar-refractivity contribution in [3.63, 3.8) is 0 Å². The quantitative estimate of drug-likeness (QED) is 0.533. The first kappa shape index (κ1) is 19.7. The molecule has 0 aromatic carbocycles. The molecule has 1 saturated carbocycles. The van der Waals surface area contributed by atoms with Crippen LogP contribution in [0.25, 0.3) is 0 Å². The zero-order valence-electron chi connectivity index (χ0n) is 19.1. The molecular formula is C24H45N. The van der Waals surface area contributed by atoms with E-state index in [-0.39, 0.29) is 0 Å². The fourth-order valence-corrected chi connectivity index (χ4v) is 8.13. The Morgan fingerprint density at radius 3 is 1.96 bits per heavy atom. The summed E-state index contributed by atoms with van der Waals surface area (Å²) in [6.45, 7) is 27.7. The Morgan fingerprint density at radius 1 is 0.880 bits per heavy atom. The first-order valence-electron chi connectivity index (χ1n) is 10.8. The molecule has 4 unspecified atom stereocenters. The van der Waals surface area contributed by atoms with Gasteiger partial charge in [-0.05, 0) is 80.5 Å². The highest BCUT2D eigenvalue weighted by molar-refractivity contribution is 5.28. The van der Waals surface area contributed by atoms with E-state index in [1.165, 1.54) is 25.7 Å². The summed E-state index contributed by atoms with van der Waals surface area (Å²) in [7, 11) is 0. The van der Waals surface area contributed by atoms with Gasteiger partial charge in [0.05, 0.1) is 0 Å². The zero-order chi connectivity index (χ0) is 19.2. The summed E-state index contributed by atoms with van der Waals surface area (Å²) in [6.07, 6.45) is 5.48. The van der Waals surface area contributed by atoms with Crippen molar-refractivity contribution in [3.05, 3.63) is 0 Å². The van der Waals surface area contributed by atoms with Crippen LogP contribution in [0.1, 0.15) is 102 Å². The maximum Gasteiger partial charge on any atom is 0.0237 e. The molecule has 0 amide bonds. The maximum atomic E-state index is 2.96. The van der Waals surface area contributed by atoms with E-state index in [0.717, 1.165) is 23.8 Å². The topological polar surface area (TPSA) is 3.24 Å². The molecule has 1 nitrogen and oxygen atoms in total. The van der Waals surface area contributed by atoms with E-state index in [0.29, 0.717) is 27.3 Å². The summed E-state index contributed by atoms with van der Waals surface area (Å²) in [4.78, 5) is 2.96. The van der Waals surface area contributed by atoms with E-state index in [1.54, 1.807) is 0 Å². The van der Waals surface area contributed by atoms with Crippen molar-refractivity contribution in [1.82, 2.24) is 4.90 Å². The van der Waals surface area contributed by atoms with Crippen LogP contribution < -0.4 is 0 Å². The van der Waals surface area contributed by atoms with Crippen molar-refractivity contribution in [2.24, 2.45) is 34.0 Å². The molecule has 1 heteroatoms. The number of fused-ring (bicyclic) bond motifs is 4. The lowest BCUT2D eigenvalue weighted by atomic mass is 9.53. The Balaban J connectivity index is 1.95. The second kappa shape index (κ2) is 5.27. The van der Waals surface area contributed by atoms with Crippen LogP contribution in [0.2, 0.25) is 0 Å². The monoisotopic (exact) mass is 347 g/mol. The average Bonchev–Trinajstić information content (AvgIpc) is 2.87. The third kappa shape index (κ3) is 3.11. The Bertz CT molecular complexity index is 535. The summed E-state index contributed by atoms with van der Waals surface area (Å²) < 4.78 is 0. The normalized spacial score (nSPS) is 43.3. The lowest BCUT2D eigenvalue weighted by molar-refractivity contribution is -0.142. The summed E-state index contributed by atoms with van der Waals surface area (Å²) in [6, 6.07) is 0.839. The predicted molar refractivity (Wildman–Crippen MR) is 110 cm³/mol. The molecule has 3 fully saturated rings. The number of rotatable bonds is 2. The lowest BCUT2D eigenvalue weighted by Gasteiger charge is -2.63. The van der Waals surface area contributed by atoms with Crippen LogP contribution in [0, 0.1) is 34.0 Å². The van der Waals surface area contributed by atoms with Crippen molar-refractivity contribution >= 4 is 0 Å². The molecule has 0 aromatic heterocycles. The molecule has 25 heavy (non-hydrogen) atoms. The Hall–Kier alpha value is -0.0400. The van der Waals surface area contributed by atoms with Gasteiger partial charge in [0.1, 0.15) is 0 Å². The maximum absolute atomic E-state index is 2.96. The first-order chi connectivity index (χ1) is 11.0. The number of hydrogen-bond acceptors (Lipinski definition) is 1. The van der Waals surface area contributed by atoms with Gasteiger partial charge in [-0.1, -0.05) is 55.4 Å². The molecule has 3 rings (SSSR count). The van der Waals surface area contributed by atoms with Gasteiger partial charge in [-0.2, -0.15) is 0 Å².